The molecule has 0 radical (unpaired) electrons. The van der Waals surface area contributed by atoms with Crippen molar-refractivity contribution in [3.05, 3.63) is 17.7 Å². The second-order valence-corrected chi connectivity index (χ2v) is 4.75. The molecule has 7 nitrogen and oxygen atoms in total. The van der Waals surface area contributed by atoms with Crippen LogP contribution in [0.4, 0.5) is 0 Å². The summed E-state index contributed by atoms with van der Waals surface area (Å²) in [5.41, 5.74) is -0.348. The van der Waals surface area contributed by atoms with Gasteiger partial charge in [0, 0.05) is 12.5 Å². The number of carboxylic acid groups (broad SMARTS) is 1. The lowest BCUT2D eigenvalue weighted by atomic mass is 9.86. The van der Waals surface area contributed by atoms with Crippen molar-refractivity contribution in [2.45, 2.75) is 31.8 Å². The number of aromatic nitrogens is 2. The summed E-state index contributed by atoms with van der Waals surface area (Å²) in [7, 11) is 0. The number of nitrogens with zero attached hydrogens (tertiary/aromatic N) is 1. The molecule has 1 aliphatic rings. The molecule has 2 unspecified atom stereocenters. The zero-order chi connectivity index (χ0) is 13.8. The number of aromatic carboxylic acids is 1. The van der Waals surface area contributed by atoms with E-state index in [1.54, 1.807) is 0 Å². The van der Waals surface area contributed by atoms with Crippen LogP contribution < -0.4 is 5.32 Å². The number of aromatic amines is 1. The highest BCUT2D eigenvalue weighted by atomic mass is 16.4. The summed E-state index contributed by atoms with van der Waals surface area (Å²) in [6.07, 6.45) is 4.45. The van der Waals surface area contributed by atoms with Gasteiger partial charge in [-0.3, -0.25) is 4.79 Å². The van der Waals surface area contributed by atoms with E-state index in [-0.39, 0.29) is 17.3 Å². The summed E-state index contributed by atoms with van der Waals surface area (Å²) >= 11 is 0. The third kappa shape index (κ3) is 3.11. The zero-order valence-electron chi connectivity index (χ0n) is 10.4. The van der Waals surface area contributed by atoms with E-state index in [9.17, 15) is 14.7 Å². The number of nitrogens with one attached hydrogen (secondary N) is 2. The molecular weight excluding hydrogens is 250 g/mol. The van der Waals surface area contributed by atoms with Gasteiger partial charge in [-0.1, -0.05) is 12.8 Å². The van der Waals surface area contributed by atoms with Gasteiger partial charge < -0.3 is 20.5 Å². The molecule has 4 N–H and O–H groups in total. The fourth-order valence-electron chi connectivity index (χ4n) is 2.36. The first-order chi connectivity index (χ1) is 9.09. The number of aliphatic hydroxyl groups is 1. The molecule has 19 heavy (non-hydrogen) atoms. The lowest BCUT2D eigenvalue weighted by Gasteiger charge is -2.27. The van der Waals surface area contributed by atoms with Gasteiger partial charge in [0.15, 0.2) is 11.4 Å². The molecule has 0 aromatic carbocycles. The Morgan fingerprint density at radius 1 is 1.42 bits per heavy atom. The van der Waals surface area contributed by atoms with Gasteiger partial charge in [-0.2, -0.15) is 0 Å². The second-order valence-electron chi connectivity index (χ2n) is 4.75. The van der Waals surface area contributed by atoms with Crippen LogP contribution >= 0.6 is 0 Å². The van der Waals surface area contributed by atoms with Gasteiger partial charge in [0.05, 0.1) is 12.4 Å². The molecule has 2 atom stereocenters. The minimum absolute atomic E-state index is 0.0323. The highest BCUT2D eigenvalue weighted by molar-refractivity contribution is 6.02. The van der Waals surface area contributed by atoms with Crippen LogP contribution in [0.1, 0.15) is 46.7 Å². The van der Waals surface area contributed by atoms with Gasteiger partial charge in [0.25, 0.3) is 5.91 Å². The number of imidazole rings is 1. The summed E-state index contributed by atoms with van der Waals surface area (Å²) in [6, 6.07) is 0. The Morgan fingerprint density at radius 3 is 2.84 bits per heavy atom. The predicted molar refractivity (Wildman–Crippen MR) is 65.8 cm³/mol. The highest BCUT2D eigenvalue weighted by Gasteiger charge is 2.25. The van der Waals surface area contributed by atoms with E-state index in [2.05, 4.69) is 15.3 Å². The first kappa shape index (κ1) is 13.5. The van der Waals surface area contributed by atoms with Gasteiger partial charge in [0.1, 0.15) is 0 Å². The first-order valence-electron chi connectivity index (χ1n) is 6.32. The van der Waals surface area contributed by atoms with Gasteiger partial charge in [-0.05, 0) is 12.8 Å². The van der Waals surface area contributed by atoms with Gasteiger partial charge in [-0.25, -0.2) is 9.78 Å². The smallest absolute Gasteiger partial charge is 0.354 e. The SMILES string of the molecule is O=C(NCC1CCCCC1O)c1nc[nH]c1C(=O)O. The number of carbonyl (C=O) groups excluding carboxylic acids is 1. The summed E-state index contributed by atoms with van der Waals surface area (Å²) in [5.74, 6) is -1.72. The molecule has 1 aliphatic carbocycles. The Morgan fingerprint density at radius 2 is 2.16 bits per heavy atom. The zero-order valence-corrected chi connectivity index (χ0v) is 10.4. The molecule has 0 saturated heterocycles. The maximum atomic E-state index is 11.8. The van der Waals surface area contributed by atoms with Gasteiger partial charge in [-0.15, -0.1) is 0 Å². The van der Waals surface area contributed by atoms with Crippen molar-refractivity contribution < 1.29 is 19.8 Å². The van der Waals surface area contributed by atoms with Crippen molar-refractivity contribution >= 4 is 11.9 Å². The highest BCUT2D eigenvalue weighted by Crippen LogP contribution is 2.23. The molecule has 1 aromatic heterocycles. The van der Waals surface area contributed by atoms with Gasteiger partial charge >= 0.3 is 5.97 Å². The van der Waals surface area contributed by atoms with E-state index in [4.69, 9.17) is 5.11 Å². The lowest BCUT2D eigenvalue weighted by molar-refractivity contribution is 0.0648. The number of carbonyl (C=O) groups is 2. The minimum atomic E-state index is -1.22. The molecule has 0 bridgehead atoms. The van der Waals surface area contributed by atoms with E-state index < -0.39 is 18.0 Å². The Balaban J connectivity index is 1.94. The maximum Gasteiger partial charge on any atom is 0.354 e. The average Bonchev–Trinajstić information content (AvgIpc) is 2.87. The van der Waals surface area contributed by atoms with Crippen molar-refractivity contribution in [3.8, 4) is 0 Å². The Hall–Kier alpha value is -1.89. The normalized spacial score (nSPS) is 23.0. The predicted octanol–water partition coefficient (Wildman–Crippen LogP) is 0.389. The summed E-state index contributed by atoms with van der Waals surface area (Å²) in [5, 5.41) is 21.3. The monoisotopic (exact) mass is 267 g/mol. The number of rotatable bonds is 4. The van der Waals surface area contributed by atoms with E-state index in [1.165, 1.54) is 6.33 Å². The molecule has 0 aliphatic heterocycles. The van der Waals surface area contributed by atoms with Crippen molar-refractivity contribution in [1.82, 2.24) is 15.3 Å². The average molecular weight is 267 g/mol. The summed E-state index contributed by atoms with van der Waals surface area (Å²) in [6.45, 7) is 0.339. The second kappa shape index (κ2) is 5.83. The van der Waals surface area contributed by atoms with Crippen LogP contribution in [0.3, 0.4) is 0 Å². The van der Waals surface area contributed by atoms with E-state index >= 15 is 0 Å². The number of hydrogen-bond donors (Lipinski definition) is 4. The van der Waals surface area contributed by atoms with Crippen molar-refractivity contribution in [3.63, 3.8) is 0 Å². The standard InChI is InChI=1S/C12H17N3O4/c16-8-4-2-1-3-7(8)5-13-11(17)9-10(12(18)19)15-6-14-9/h6-8,16H,1-5H2,(H,13,17)(H,14,15)(H,18,19). The van der Waals surface area contributed by atoms with Crippen LogP contribution in [0.2, 0.25) is 0 Å². The van der Waals surface area contributed by atoms with E-state index in [0.29, 0.717) is 6.54 Å². The molecule has 1 heterocycles. The lowest BCUT2D eigenvalue weighted by Crippen LogP contribution is -2.37. The third-order valence-electron chi connectivity index (χ3n) is 3.46. The van der Waals surface area contributed by atoms with Gasteiger partial charge in [0.2, 0.25) is 0 Å². The quantitative estimate of drug-likeness (QED) is 0.630. The molecule has 1 aromatic rings. The molecule has 104 valence electrons. The Bertz CT molecular complexity index is 471. The number of hydrogen-bond acceptors (Lipinski definition) is 4. The number of H-pyrrole nitrogens is 1. The fraction of sp³-hybridized carbons (Fsp3) is 0.583. The Labute approximate surface area is 110 Å². The van der Waals surface area contributed by atoms with Crippen LogP contribution in [0.15, 0.2) is 6.33 Å². The molecule has 0 spiro atoms. The molecule has 1 saturated carbocycles. The molecule has 2 rings (SSSR count). The largest absolute Gasteiger partial charge is 0.477 e. The number of aliphatic hydroxyl groups excluding tert-OH is 1. The third-order valence-corrected chi connectivity index (χ3v) is 3.46. The van der Waals surface area contributed by atoms with Crippen LogP contribution in [0.25, 0.3) is 0 Å². The fourth-order valence-corrected chi connectivity index (χ4v) is 2.36. The van der Waals surface area contributed by atoms with Crippen molar-refractivity contribution in [2.24, 2.45) is 5.92 Å². The minimum Gasteiger partial charge on any atom is -0.477 e. The van der Waals surface area contributed by atoms with Crippen LogP contribution in [0.5, 0.6) is 0 Å². The topological polar surface area (TPSA) is 115 Å². The molecule has 1 amide bonds. The number of amides is 1. The first-order valence-corrected chi connectivity index (χ1v) is 6.32. The molecule has 7 heteroatoms. The van der Waals surface area contributed by atoms with E-state index in [1.807, 2.05) is 0 Å². The van der Waals surface area contributed by atoms with Crippen molar-refractivity contribution in [2.75, 3.05) is 6.54 Å². The maximum absolute atomic E-state index is 11.8. The number of carboxylic acids is 1. The molecule has 1 fully saturated rings. The molecular formula is C12H17N3O4. The summed E-state index contributed by atoms with van der Waals surface area (Å²) < 4.78 is 0. The van der Waals surface area contributed by atoms with Crippen molar-refractivity contribution in [1.29, 1.82) is 0 Å². The van der Waals surface area contributed by atoms with Crippen LogP contribution in [0, 0.1) is 5.92 Å². The Kier molecular flexibility index (Phi) is 4.16. The summed E-state index contributed by atoms with van der Waals surface area (Å²) in [4.78, 5) is 28.8. The van der Waals surface area contributed by atoms with E-state index in [0.717, 1.165) is 25.7 Å². The van der Waals surface area contributed by atoms with Crippen LogP contribution in [-0.2, 0) is 0 Å². The van der Waals surface area contributed by atoms with Crippen LogP contribution in [-0.4, -0.2) is 44.7 Å².